The van der Waals surface area contributed by atoms with Crippen molar-refractivity contribution in [3.63, 3.8) is 0 Å². The maximum absolute atomic E-state index is 13.6. The first-order valence-electron chi connectivity index (χ1n) is 14.7. The van der Waals surface area contributed by atoms with Gasteiger partial charge < -0.3 is 23.7 Å². The monoisotopic (exact) mass is 578 g/mol. The van der Waals surface area contributed by atoms with Gasteiger partial charge in [0.15, 0.2) is 0 Å². The summed E-state index contributed by atoms with van der Waals surface area (Å²) in [6.07, 6.45) is 0.256. The van der Waals surface area contributed by atoms with Crippen molar-refractivity contribution in [2.75, 3.05) is 26.3 Å². The van der Waals surface area contributed by atoms with Crippen LogP contribution in [0.25, 0.3) is 0 Å². The SMILES string of the molecule is Cc1cc(C(=O)N2CCc3cc(B4OC(C)(C)C(C)(C)O4)cc(C4COCCN4C(=O)OC(C)(C)C)c3C2)nc(C)n1. The molecule has 4 heterocycles. The van der Waals surface area contributed by atoms with Crippen LogP contribution in [0.3, 0.4) is 0 Å². The van der Waals surface area contributed by atoms with Crippen LogP contribution in [-0.4, -0.2) is 82.0 Å². The topological polar surface area (TPSA) is 103 Å². The molecule has 0 aliphatic carbocycles. The van der Waals surface area contributed by atoms with E-state index in [0.29, 0.717) is 50.8 Å². The van der Waals surface area contributed by atoms with E-state index in [9.17, 15) is 9.59 Å². The summed E-state index contributed by atoms with van der Waals surface area (Å²) in [4.78, 5) is 39.4. The molecule has 0 N–H and O–H groups in total. The molecule has 2 amide bonds. The first-order valence-corrected chi connectivity index (χ1v) is 14.7. The average Bonchev–Trinajstić information content (AvgIpc) is 3.12. The van der Waals surface area contributed by atoms with E-state index in [2.05, 4.69) is 22.1 Å². The normalized spacial score (nSPS) is 21.7. The number of hydrogen-bond acceptors (Lipinski definition) is 8. The van der Waals surface area contributed by atoms with E-state index >= 15 is 0 Å². The lowest BCUT2D eigenvalue weighted by molar-refractivity contribution is -0.0334. The van der Waals surface area contributed by atoms with Crippen LogP contribution in [0.15, 0.2) is 18.2 Å². The van der Waals surface area contributed by atoms with Gasteiger partial charge in [0.1, 0.15) is 17.1 Å². The second-order valence-corrected chi connectivity index (χ2v) is 13.5. The maximum atomic E-state index is 13.6. The number of benzene rings is 1. The van der Waals surface area contributed by atoms with Gasteiger partial charge in [-0.15, -0.1) is 0 Å². The number of carbonyl (C=O) groups excluding carboxylic acids is 2. The molecule has 1 atom stereocenters. The Morgan fingerprint density at radius 1 is 1.02 bits per heavy atom. The van der Waals surface area contributed by atoms with Crippen molar-refractivity contribution in [3.05, 3.63) is 52.1 Å². The zero-order valence-corrected chi connectivity index (χ0v) is 26.4. The van der Waals surface area contributed by atoms with Gasteiger partial charge in [0.25, 0.3) is 5.91 Å². The zero-order chi connectivity index (χ0) is 30.6. The summed E-state index contributed by atoms with van der Waals surface area (Å²) < 4.78 is 24.6. The van der Waals surface area contributed by atoms with Gasteiger partial charge in [-0.25, -0.2) is 14.8 Å². The minimum absolute atomic E-state index is 0.140. The van der Waals surface area contributed by atoms with E-state index in [1.54, 1.807) is 17.9 Å². The molecule has 1 unspecified atom stereocenters. The Kier molecular flexibility index (Phi) is 7.91. The van der Waals surface area contributed by atoms with Gasteiger partial charge in [-0.1, -0.05) is 12.1 Å². The van der Waals surface area contributed by atoms with E-state index in [1.807, 2.05) is 60.3 Å². The summed E-state index contributed by atoms with van der Waals surface area (Å²) in [5, 5.41) is 0. The quantitative estimate of drug-likeness (QED) is 0.506. The highest BCUT2D eigenvalue weighted by molar-refractivity contribution is 6.62. The zero-order valence-electron chi connectivity index (χ0n) is 26.4. The first-order chi connectivity index (χ1) is 19.5. The second-order valence-electron chi connectivity index (χ2n) is 13.5. The molecule has 2 saturated heterocycles. The molecule has 42 heavy (non-hydrogen) atoms. The second kappa shape index (κ2) is 10.9. The maximum Gasteiger partial charge on any atom is 0.494 e. The predicted molar refractivity (Wildman–Crippen MR) is 159 cm³/mol. The van der Waals surface area contributed by atoms with Crippen molar-refractivity contribution >= 4 is 24.6 Å². The third-order valence-corrected chi connectivity index (χ3v) is 8.51. The van der Waals surface area contributed by atoms with Crippen LogP contribution in [-0.2, 0) is 31.7 Å². The molecule has 0 spiro atoms. The summed E-state index contributed by atoms with van der Waals surface area (Å²) in [6.45, 7) is 19.4. The van der Waals surface area contributed by atoms with Gasteiger partial charge in [0.05, 0.1) is 30.5 Å². The number of aromatic nitrogens is 2. The lowest BCUT2D eigenvalue weighted by Gasteiger charge is -2.39. The minimum atomic E-state index is -0.638. The number of rotatable bonds is 3. The Labute approximate surface area is 249 Å². The molecule has 3 aliphatic rings. The number of carbonyl (C=O) groups is 2. The molecular weight excluding hydrogens is 535 g/mol. The molecule has 2 fully saturated rings. The first kappa shape index (κ1) is 30.4. The average molecular weight is 579 g/mol. The van der Waals surface area contributed by atoms with Gasteiger partial charge >= 0.3 is 13.2 Å². The number of fused-ring (bicyclic) bond motifs is 1. The van der Waals surface area contributed by atoms with E-state index in [-0.39, 0.29) is 12.0 Å². The van der Waals surface area contributed by atoms with Crippen LogP contribution >= 0.6 is 0 Å². The molecule has 1 aromatic carbocycles. The molecule has 0 radical (unpaired) electrons. The van der Waals surface area contributed by atoms with Crippen LogP contribution in [0.2, 0.25) is 0 Å². The van der Waals surface area contributed by atoms with Gasteiger partial charge in [-0.05, 0) is 97.0 Å². The molecule has 0 saturated carbocycles. The molecule has 226 valence electrons. The number of amides is 2. The van der Waals surface area contributed by atoms with Crippen LogP contribution in [0.1, 0.15) is 93.2 Å². The summed E-state index contributed by atoms with van der Waals surface area (Å²) in [5.74, 6) is 0.426. The number of nitrogens with zero attached hydrogens (tertiary/aromatic N) is 4. The van der Waals surface area contributed by atoms with E-state index in [0.717, 1.165) is 27.8 Å². The molecular formula is C31H43BN4O6. The Bertz CT molecular complexity index is 1350. The number of morpholine rings is 1. The fraction of sp³-hybridized carbons (Fsp3) is 0.613. The molecule has 11 heteroatoms. The van der Waals surface area contributed by atoms with E-state index in [1.165, 1.54) is 0 Å². The number of ether oxygens (including phenoxy) is 2. The fourth-order valence-electron chi connectivity index (χ4n) is 5.70. The minimum Gasteiger partial charge on any atom is -0.444 e. The highest BCUT2D eigenvalue weighted by Gasteiger charge is 2.52. The highest BCUT2D eigenvalue weighted by atomic mass is 16.7. The van der Waals surface area contributed by atoms with Crippen molar-refractivity contribution in [3.8, 4) is 0 Å². The summed E-state index contributed by atoms with van der Waals surface area (Å²) in [5.41, 5.74) is 3.41. The Balaban J connectivity index is 1.56. The molecule has 1 aromatic heterocycles. The Morgan fingerprint density at radius 3 is 2.36 bits per heavy atom. The fourth-order valence-corrected chi connectivity index (χ4v) is 5.70. The summed E-state index contributed by atoms with van der Waals surface area (Å²) in [6, 6.07) is 5.52. The molecule has 10 nitrogen and oxygen atoms in total. The number of aryl methyl sites for hydroxylation is 2. The van der Waals surface area contributed by atoms with Crippen molar-refractivity contribution in [2.24, 2.45) is 0 Å². The number of hydrogen-bond donors (Lipinski definition) is 0. The van der Waals surface area contributed by atoms with Gasteiger partial charge in [-0.3, -0.25) is 9.69 Å². The Hall–Kier alpha value is -3.02. The van der Waals surface area contributed by atoms with Gasteiger partial charge in [0.2, 0.25) is 0 Å². The molecule has 3 aliphatic heterocycles. The van der Waals surface area contributed by atoms with Crippen molar-refractivity contribution in [1.82, 2.24) is 19.8 Å². The van der Waals surface area contributed by atoms with Crippen LogP contribution < -0.4 is 5.46 Å². The summed E-state index contributed by atoms with van der Waals surface area (Å²) >= 11 is 0. The largest absolute Gasteiger partial charge is 0.494 e. The Morgan fingerprint density at radius 2 is 1.71 bits per heavy atom. The van der Waals surface area contributed by atoms with Crippen LogP contribution in [0.4, 0.5) is 4.79 Å². The third kappa shape index (κ3) is 6.05. The van der Waals surface area contributed by atoms with E-state index < -0.39 is 30.0 Å². The molecule has 2 aromatic rings. The lowest BCUT2D eigenvalue weighted by Crippen LogP contribution is -2.47. The molecule has 0 bridgehead atoms. The van der Waals surface area contributed by atoms with Crippen LogP contribution in [0, 0.1) is 13.8 Å². The molecule has 5 rings (SSSR count). The van der Waals surface area contributed by atoms with Crippen molar-refractivity contribution in [1.29, 1.82) is 0 Å². The van der Waals surface area contributed by atoms with Crippen LogP contribution in [0.5, 0.6) is 0 Å². The highest BCUT2D eigenvalue weighted by Crippen LogP contribution is 2.38. The van der Waals surface area contributed by atoms with E-state index in [4.69, 9.17) is 18.8 Å². The standard InChI is InChI=1S/C31H43BN4O6/c1-19-14-25(34-20(2)33-19)27(37)35-11-10-21-15-22(32-41-30(6,7)31(8,9)42-32)16-23(24(21)17-35)26-18-39-13-12-36(26)28(38)40-29(3,4)5/h14-16,26H,10-13,17-18H2,1-9H3. The van der Waals surface area contributed by atoms with Gasteiger partial charge in [0, 0.05) is 25.3 Å². The third-order valence-electron chi connectivity index (χ3n) is 8.51. The van der Waals surface area contributed by atoms with Crippen molar-refractivity contribution in [2.45, 2.75) is 98.1 Å². The smallest absolute Gasteiger partial charge is 0.444 e. The lowest BCUT2D eigenvalue weighted by atomic mass is 9.74. The summed E-state index contributed by atoms with van der Waals surface area (Å²) in [7, 11) is -0.565. The predicted octanol–water partition coefficient (Wildman–Crippen LogP) is 3.90. The van der Waals surface area contributed by atoms with Crippen molar-refractivity contribution < 1.29 is 28.4 Å². The van der Waals surface area contributed by atoms with Gasteiger partial charge in [-0.2, -0.15) is 0 Å².